The number of amides is 1. The van der Waals surface area contributed by atoms with Gasteiger partial charge in [-0.2, -0.15) is 0 Å². The average molecular weight is 226 g/mol. The Morgan fingerprint density at radius 3 is 2.88 bits per heavy atom. The van der Waals surface area contributed by atoms with Gasteiger partial charge in [-0.15, -0.1) is 5.10 Å². The monoisotopic (exact) mass is 226 g/mol. The maximum atomic E-state index is 11.4. The van der Waals surface area contributed by atoms with Gasteiger partial charge in [-0.1, -0.05) is 12.1 Å². The highest BCUT2D eigenvalue weighted by Crippen LogP contribution is 1.99. The first-order chi connectivity index (χ1) is 7.58. The van der Waals surface area contributed by atoms with Crippen LogP contribution in [-0.4, -0.2) is 38.5 Å². The number of carbonyl (C=O) groups excluding carboxylic acids is 1. The molecule has 7 heteroatoms. The number of nitrogens with one attached hydrogen (secondary N) is 1. The van der Waals surface area contributed by atoms with Crippen LogP contribution in [0.25, 0.3) is 0 Å². The molecule has 1 atom stereocenters. The average Bonchev–Trinajstić information content (AvgIpc) is 2.66. The van der Waals surface area contributed by atoms with Crippen molar-refractivity contribution in [2.24, 2.45) is 5.92 Å². The zero-order valence-corrected chi connectivity index (χ0v) is 8.96. The van der Waals surface area contributed by atoms with Crippen molar-refractivity contribution in [1.29, 1.82) is 0 Å². The Morgan fingerprint density at radius 2 is 2.31 bits per heavy atom. The molecule has 0 radical (unpaired) electrons. The molecule has 1 aromatic heterocycles. The minimum atomic E-state index is -0.863. The number of hydrogen-bond acceptors (Lipinski definition) is 4. The molecule has 0 aliphatic heterocycles. The third-order valence-electron chi connectivity index (χ3n) is 1.95. The van der Waals surface area contributed by atoms with Crippen LogP contribution in [0, 0.1) is 5.92 Å². The largest absolute Gasteiger partial charge is 0.481 e. The molecule has 1 amide bonds. The zero-order valence-electron chi connectivity index (χ0n) is 8.96. The van der Waals surface area contributed by atoms with Crippen LogP contribution in [0.5, 0.6) is 0 Å². The fourth-order valence-corrected chi connectivity index (χ4v) is 1.18. The summed E-state index contributed by atoms with van der Waals surface area (Å²) in [6, 6.07) is 0. The highest BCUT2D eigenvalue weighted by Gasteiger charge is 2.09. The number of rotatable bonds is 6. The number of aromatic nitrogens is 3. The van der Waals surface area contributed by atoms with Gasteiger partial charge < -0.3 is 10.4 Å². The Bertz CT molecular complexity index is 350. The Kier molecular flexibility index (Phi) is 4.43. The van der Waals surface area contributed by atoms with Crippen molar-refractivity contribution >= 4 is 11.9 Å². The van der Waals surface area contributed by atoms with Crippen LogP contribution in [0.2, 0.25) is 0 Å². The lowest BCUT2D eigenvalue weighted by atomic mass is 10.1. The van der Waals surface area contributed by atoms with Crippen molar-refractivity contribution < 1.29 is 14.7 Å². The van der Waals surface area contributed by atoms with Crippen LogP contribution in [0.1, 0.15) is 13.3 Å². The summed E-state index contributed by atoms with van der Waals surface area (Å²) in [5.74, 6) is -1.15. The van der Waals surface area contributed by atoms with Crippen LogP contribution >= 0.6 is 0 Å². The number of carboxylic acid groups (broad SMARTS) is 1. The van der Waals surface area contributed by atoms with Gasteiger partial charge in [-0.3, -0.25) is 9.59 Å². The highest BCUT2D eigenvalue weighted by molar-refractivity contribution is 5.75. The first-order valence-corrected chi connectivity index (χ1v) is 4.90. The van der Waals surface area contributed by atoms with E-state index in [1.165, 1.54) is 10.9 Å². The van der Waals surface area contributed by atoms with E-state index in [-0.39, 0.29) is 24.8 Å². The molecule has 0 bridgehead atoms. The molecule has 1 rings (SSSR count). The SMILES string of the molecule is CC(CNC(=O)Cn1ccnn1)CC(=O)O. The summed E-state index contributed by atoms with van der Waals surface area (Å²) in [6.45, 7) is 2.21. The molecule has 0 fully saturated rings. The van der Waals surface area contributed by atoms with E-state index in [1.54, 1.807) is 13.1 Å². The normalized spacial score (nSPS) is 12.1. The summed E-state index contributed by atoms with van der Waals surface area (Å²) in [7, 11) is 0. The highest BCUT2D eigenvalue weighted by atomic mass is 16.4. The Labute approximate surface area is 92.4 Å². The van der Waals surface area contributed by atoms with Gasteiger partial charge >= 0.3 is 5.97 Å². The Hall–Kier alpha value is -1.92. The van der Waals surface area contributed by atoms with Crippen LogP contribution in [-0.2, 0) is 16.1 Å². The van der Waals surface area contributed by atoms with Crippen LogP contribution < -0.4 is 5.32 Å². The maximum Gasteiger partial charge on any atom is 0.303 e. The number of hydrogen-bond donors (Lipinski definition) is 2. The molecule has 1 unspecified atom stereocenters. The second-order valence-electron chi connectivity index (χ2n) is 3.61. The van der Waals surface area contributed by atoms with Gasteiger partial charge in [0.05, 0.1) is 6.20 Å². The Morgan fingerprint density at radius 1 is 1.56 bits per heavy atom. The topological polar surface area (TPSA) is 97.1 Å². The van der Waals surface area contributed by atoms with Gasteiger partial charge in [0, 0.05) is 19.2 Å². The van der Waals surface area contributed by atoms with Gasteiger partial charge in [0.25, 0.3) is 0 Å². The molecule has 2 N–H and O–H groups in total. The fourth-order valence-electron chi connectivity index (χ4n) is 1.18. The molecule has 7 nitrogen and oxygen atoms in total. The van der Waals surface area contributed by atoms with Gasteiger partial charge in [0.15, 0.2) is 0 Å². The first-order valence-electron chi connectivity index (χ1n) is 4.90. The molecule has 16 heavy (non-hydrogen) atoms. The molecule has 0 spiro atoms. The van der Waals surface area contributed by atoms with Crippen LogP contribution in [0.4, 0.5) is 0 Å². The van der Waals surface area contributed by atoms with E-state index in [4.69, 9.17) is 5.11 Å². The lowest BCUT2D eigenvalue weighted by molar-refractivity contribution is -0.138. The second-order valence-corrected chi connectivity index (χ2v) is 3.61. The summed E-state index contributed by atoms with van der Waals surface area (Å²) in [4.78, 5) is 21.7. The third-order valence-corrected chi connectivity index (χ3v) is 1.95. The van der Waals surface area contributed by atoms with Crippen molar-refractivity contribution in [2.75, 3.05) is 6.54 Å². The van der Waals surface area contributed by atoms with E-state index >= 15 is 0 Å². The van der Waals surface area contributed by atoms with Gasteiger partial charge in [0.2, 0.25) is 5.91 Å². The molecule has 0 saturated carbocycles. The number of aliphatic carboxylic acids is 1. The van der Waals surface area contributed by atoms with Gasteiger partial charge in [-0.25, -0.2) is 4.68 Å². The molecule has 1 aromatic rings. The lowest BCUT2D eigenvalue weighted by Crippen LogP contribution is -2.32. The molecule has 0 saturated heterocycles. The van der Waals surface area contributed by atoms with Crippen molar-refractivity contribution in [2.45, 2.75) is 19.9 Å². The molecular weight excluding hydrogens is 212 g/mol. The van der Waals surface area contributed by atoms with E-state index in [0.29, 0.717) is 6.54 Å². The smallest absolute Gasteiger partial charge is 0.303 e. The molecule has 0 aromatic carbocycles. The minimum absolute atomic E-state index is 0.0452. The minimum Gasteiger partial charge on any atom is -0.481 e. The van der Waals surface area contributed by atoms with E-state index in [9.17, 15) is 9.59 Å². The molecule has 1 heterocycles. The summed E-state index contributed by atoms with van der Waals surface area (Å²) in [6.07, 6.45) is 3.12. The fraction of sp³-hybridized carbons (Fsp3) is 0.556. The quantitative estimate of drug-likeness (QED) is 0.681. The molecule has 88 valence electrons. The zero-order chi connectivity index (χ0) is 12.0. The van der Waals surface area contributed by atoms with E-state index in [1.807, 2.05) is 0 Å². The number of carboxylic acids is 1. The van der Waals surface area contributed by atoms with E-state index in [2.05, 4.69) is 15.6 Å². The summed E-state index contributed by atoms with van der Waals surface area (Å²) >= 11 is 0. The van der Waals surface area contributed by atoms with Gasteiger partial charge in [-0.05, 0) is 5.92 Å². The van der Waals surface area contributed by atoms with Crippen molar-refractivity contribution in [3.8, 4) is 0 Å². The predicted octanol–water partition coefficient (Wildman–Crippen LogP) is -0.495. The number of nitrogens with zero attached hydrogens (tertiary/aromatic N) is 3. The second kappa shape index (κ2) is 5.84. The van der Waals surface area contributed by atoms with Crippen LogP contribution in [0.15, 0.2) is 12.4 Å². The summed E-state index contributed by atoms with van der Waals surface area (Å²) in [5, 5.41) is 18.4. The summed E-state index contributed by atoms with van der Waals surface area (Å²) in [5.41, 5.74) is 0. The molecule has 0 aliphatic rings. The standard InChI is InChI=1S/C9H14N4O3/c1-7(4-9(15)16)5-10-8(14)6-13-3-2-11-12-13/h2-3,7H,4-6H2,1H3,(H,10,14)(H,15,16). The van der Waals surface area contributed by atoms with Crippen molar-refractivity contribution in [3.63, 3.8) is 0 Å². The lowest BCUT2D eigenvalue weighted by Gasteiger charge is -2.09. The van der Waals surface area contributed by atoms with Gasteiger partial charge in [0.1, 0.15) is 6.54 Å². The third kappa shape index (κ3) is 4.54. The number of carbonyl (C=O) groups is 2. The Balaban J connectivity index is 2.22. The maximum absolute atomic E-state index is 11.4. The van der Waals surface area contributed by atoms with E-state index < -0.39 is 5.97 Å². The molecular formula is C9H14N4O3. The van der Waals surface area contributed by atoms with Crippen molar-refractivity contribution in [1.82, 2.24) is 20.3 Å². The van der Waals surface area contributed by atoms with Crippen molar-refractivity contribution in [3.05, 3.63) is 12.4 Å². The predicted molar refractivity (Wildman–Crippen MR) is 54.4 cm³/mol. The molecule has 0 aliphatic carbocycles. The first kappa shape index (κ1) is 12.2. The summed E-state index contributed by atoms with van der Waals surface area (Å²) < 4.78 is 1.40. The van der Waals surface area contributed by atoms with Crippen LogP contribution in [0.3, 0.4) is 0 Å². The van der Waals surface area contributed by atoms with E-state index in [0.717, 1.165) is 0 Å².